The second kappa shape index (κ2) is 9.15. The molecule has 8 nitrogen and oxygen atoms in total. The van der Waals surface area contributed by atoms with E-state index in [0.29, 0.717) is 16.7 Å². The lowest BCUT2D eigenvalue weighted by molar-refractivity contribution is -0.147. The van der Waals surface area contributed by atoms with Crippen molar-refractivity contribution < 1.29 is 34.8 Å². The fraction of sp³-hybridized carbons (Fsp3) is 0.200. The Morgan fingerprint density at radius 2 is 1.65 bits per heavy atom. The van der Waals surface area contributed by atoms with Gasteiger partial charge >= 0.3 is 5.97 Å². The van der Waals surface area contributed by atoms with E-state index < -0.39 is 24.0 Å². The first-order chi connectivity index (χ1) is 16.2. The van der Waals surface area contributed by atoms with Gasteiger partial charge in [0, 0.05) is 6.42 Å². The predicted molar refractivity (Wildman–Crippen MR) is 123 cm³/mol. The summed E-state index contributed by atoms with van der Waals surface area (Å²) in [5.74, 6) is -2.54. The lowest BCUT2D eigenvalue weighted by Gasteiger charge is -2.42. The standard InChI is InChI=1S/C25H22ClNO7/c1-34-25(33)19-10-14-11-22(30)23(31)12-16(14)18(8-13-6-7-20(28)21(29)9-13)27(19)24(32)15-4-2-3-5-17(15)26/h2-7,9,11-12,18-19,28-31H,8,10H2,1H3/t18-,19-/m0/s1. The van der Waals surface area contributed by atoms with Gasteiger partial charge in [-0.1, -0.05) is 29.8 Å². The number of aromatic hydroxyl groups is 4. The molecule has 0 fully saturated rings. The van der Waals surface area contributed by atoms with E-state index in [1.807, 2.05) is 0 Å². The molecule has 1 aliphatic rings. The van der Waals surface area contributed by atoms with E-state index in [-0.39, 0.29) is 46.4 Å². The predicted octanol–water partition coefficient (Wildman–Crippen LogP) is 3.69. The Morgan fingerprint density at radius 1 is 0.971 bits per heavy atom. The Morgan fingerprint density at radius 3 is 2.32 bits per heavy atom. The number of rotatable bonds is 4. The minimum Gasteiger partial charge on any atom is -0.504 e. The number of carbonyl (C=O) groups excluding carboxylic acids is 2. The molecule has 3 aromatic carbocycles. The number of benzene rings is 3. The van der Waals surface area contributed by atoms with Gasteiger partial charge in [-0.3, -0.25) is 4.79 Å². The van der Waals surface area contributed by atoms with Crippen LogP contribution in [0.4, 0.5) is 0 Å². The number of hydrogen-bond donors (Lipinski definition) is 4. The summed E-state index contributed by atoms with van der Waals surface area (Å²) in [6, 6.07) is 11.6. The number of phenols is 4. The van der Waals surface area contributed by atoms with Gasteiger partial charge < -0.3 is 30.1 Å². The molecule has 0 aliphatic carbocycles. The number of amides is 1. The van der Waals surface area contributed by atoms with E-state index in [1.165, 1.54) is 36.3 Å². The summed E-state index contributed by atoms with van der Waals surface area (Å²) in [5, 5.41) is 40.1. The van der Waals surface area contributed by atoms with Gasteiger partial charge in [0.05, 0.1) is 23.7 Å². The normalized spacial score (nSPS) is 17.2. The molecule has 0 saturated carbocycles. The van der Waals surface area contributed by atoms with Crippen molar-refractivity contribution in [1.29, 1.82) is 0 Å². The molecule has 0 spiro atoms. The minimum atomic E-state index is -1.04. The number of hydrogen-bond acceptors (Lipinski definition) is 7. The highest BCUT2D eigenvalue weighted by Gasteiger charge is 2.43. The highest BCUT2D eigenvalue weighted by Crippen LogP contribution is 2.42. The van der Waals surface area contributed by atoms with Crippen molar-refractivity contribution in [1.82, 2.24) is 4.90 Å². The van der Waals surface area contributed by atoms with Crippen molar-refractivity contribution in [3.8, 4) is 23.0 Å². The fourth-order valence-corrected chi connectivity index (χ4v) is 4.53. The van der Waals surface area contributed by atoms with E-state index in [9.17, 15) is 30.0 Å². The summed E-state index contributed by atoms with van der Waals surface area (Å²) in [6.07, 6.45) is 0.165. The Hall–Kier alpha value is -3.91. The third-order valence-electron chi connectivity index (χ3n) is 5.96. The largest absolute Gasteiger partial charge is 0.504 e. The van der Waals surface area contributed by atoms with Crippen LogP contribution in [0.1, 0.15) is 33.1 Å². The lowest BCUT2D eigenvalue weighted by atomic mass is 9.84. The van der Waals surface area contributed by atoms with Crippen LogP contribution in [0.15, 0.2) is 54.6 Å². The van der Waals surface area contributed by atoms with Crippen molar-refractivity contribution in [3.05, 3.63) is 81.9 Å². The van der Waals surface area contributed by atoms with Crippen molar-refractivity contribution in [3.63, 3.8) is 0 Å². The molecule has 0 unspecified atom stereocenters. The van der Waals surface area contributed by atoms with Crippen LogP contribution in [-0.4, -0.2) is 50.4 Å². The third kappa shape index (κ3) is 4.20. The average molecular weight is 484 g/mol. The minimum absolute atomic E-state index is 0.0450. The quantitative estimate of drug-likeness (QED) is 0.329. The monoisotopic (exact) mass is 483 g/mol. The van der Waals surface area contributed by atoms with Gasteiger partial charge in [0.15, 0.2) is 23.0 Å². The van der Waals surface area contributed by atoms with Crippen molar-refractivity contribution >= 4 is 23.5 Å². The van der Waals surface area contributed by atoms with Crippen LogP contribution in [0, 0.1) is 0 Å². The molecule has 34 heavy (non-hydrogen) atoms. The first kappa shape index (κ1) is 23.3. The summed E-state index contributed by atoms with van der Waals surface area (Å²) in [6.45, 7) is 0. The van der Waals surface area contributed by atoms with Crippen LogP contribution in [0.25, 0.3) is 0 Å². The van der Waals surface area contributed by atoms with Gasteiger partial charge in [-0.25, -0.2) is 4.79 Å². The number of carbonyl (C=O) groups is 2. The maximum atomic E-state index is 13.8. The summed E-state index contributed by atoms with van der Waals surface area (Å²) in [4.78, 5) is 27.9. The van der Waals surface area contributed by atoms with E-state index in [4.69, 9.17) is 16.3 Å². The second-order valence-electron chi connectivity index (χ2n) is 8.02. The highest BCUT2D eigenvalue weighted by atomic mass is 35.5. The zero-order valence-electron chi connectivity index (χ0n) is 18.1. The zero-order chi connectivity index (χ0) is 24.6. The fourth-order valence-electron chi connectivity index (χ4n) is 4.31. The molecule has 4 rings (SSSR count). The topological polar surface area (TPSA) is 128 Å². The Bertz CT molecular complexity index is 1280. The van der Waals surface area contributed by atoms with Crippen LogP contribution in [0.3, 0.4) is 0 Å². The van der Waals surface area contributed by atoms with Gasteiger partial charge in [-0.05, 0) is 59.5 Å². The van der Waals surface area contributed by atoms with Crippen molar-refractivity contribution in [2.45, 2.75) is 24.9 Å². The van der Waals surface area contributed by atoms with Crippen LogP contribution >= 0.6 is 11.6 Å². The number of halogens is 1. The zero-order valence-corrected chi connectivity index (χ0v) is 18.9. The molecule has 176 valence electrons. The molecule has 3 aromatic rings. The number of methoxy groups -OCH3 is 1. The van der Waals surface area contributed by atoms with Gasteiger partial charge in [-0.2, -0.15) is 0 Å². The number of phenolic OH excluding ortho intramolecular Hbond substituents is 4. The molecule has 1 amide bonds. The first-order valence-corrected chi connectivity index (χ1v) is 10.8. The molecule has 4 N–H and O–H groups in total. The summed E-state index contributed by atoms with van der Waals surface area (Å²) >= 11 is 6.29. The number of fused-ring (bicyclic) bond motifs is 1. The second-order valence-corrected chi connectivity index (χ2v) is 8.43. The smallest absolute Gasteiger partial charge is 0.328 e. The molecular weight excluding hydrogens is 462 g/mol. The Balaban J connectivity index is 1.90. The van der Waals surface area contributed by atoms with Crippen molar-refractivity contribution in [2.75, 3.05) is 7.11 Å². The van der Waals surface area contributed by atoms with Crippen molar-refractivity contribution in [2.24, 2.45) is 0 Å². The Labute approximate surface area is 200 Å². The highest BCUT2D eigenvalue weighted by molar-refractivity contribution is 6.33. The number of nitrogens with zero attached hydrogens (tertiary/aromatic N) is 1. The van der Waals surface area contributed by atoms with Gasteiger partial charge in [0.25, 0.3) is 5.91 Å². The molecule has 9 heteroatoms. The number of esters is 1. The van der Waals surface area contributed by atoms with E-state index in [1.54, 1.807) is 30.3 Å². The molecule has 0 radical (unpaired) electrons. The molecule has 1 heterocycles. The average Bonchev–Trinajstić information content (AvgIpc) is 2.81. The molecule has 1 aliphatic heterocycles. The summed E-state index contributed by atoms with van der Waals surface area (Å²) in [7, 11) is 1.22. The summed E-state index contributed by atoms with van der Waals surface area (Å²) in [5.41, 5.74) is 1.81. The van der Waals surface area contributed by atoms with E-state index in [2.05, 4.69) is 0 Å². The van der Waals surface area contributed by atoms with Gasteiger partial charge in [0.1, 0.15) is 6.04 Å². The van der Waals surface area contributed by atoms with E-state index >= 15 is 0 Å². The molecule has 2 atom stereocenters. The maximum absolute atomic E-state index is 13.8. The lowest BCUT2D eigenvalue weighted by Crippen LogP contribution is -2.52. The molecule has 0 saturated heterocycles. The van der Waals surface area contributed by atoms with E-state index in [0.717, 1.165) is 0 Å². The summed E-state index contributed by atoms with van der Waals surface area (Å²) < 4.78 is 4.99. The van der Waals surface area contributed by atoms with Gasteiger partial charge in [0.2, 0.25) is 0 Å². The molecular formula is C25H22ClNO7. The van der Waals surface area contributed by atoms with Crippen LogP contribution < -0.4 is 0 Å². The SMILES string of the molecule is COC(=O)[C@@H]1Cc2cc(O)c(O)cc2[C@H](Cc2ccc(O)c(O)c2)N1C(=O)c1ccccc1Cl. The molecule has 0 aromatic heterocycles. The Kier molecular flexibility index (Phi) is 6.26. The number of ether oxygens (including phenoxy) is 1. The van der Waals surface area contributed by atoms with Crippen LogP contribution in [-0.2, 0) is 22.4 Å². The van der Waals surface area contributed by atoms with Gasteiger partial charge in [-0.15, -0.1) is 0 Å². The molecule has 0 bridgehead atoms. The first-order valence-electron chi connectivity index (χ1n) is 10.4. The maximum Gasteiger partial charge on any atom is 0.328 e. The van der Waals surface area contributed by atoms with Crippen LogP contribution in [0.2, 0.25) is 5.02 Å². The third-order valence-corrected chi connectivity index (χ3v) is 6.29. The van der Waals surface area contributed by atoms with Crippen LogP contribution in [0.5, 0.6) is 23.0 Å².